The summed E-state index contributed by atoms with van der Waals surface area (Å²) in [7, 11) is -0.861. The van der Waals surface area contributed by atoms with Crippen LogP contribution in [-0.4, -0.2) is 56.7 Å². The number of hydrogen-bond donors (Lipinski definition) is 1. The van der Waals surface area contributed by atoms with Gasteiger partial charge in [-0.05, 0) is 31.5 Å². The quantitative estimate of drug-likeness (QED) is 0.0719. The third kappa shape index (κ3) is 9.58. The van der Waals surface area contributed by atoms with Crippen LogP contribution in [0.3, 0.4) is 0 Å². The molecule has 0 amide bonds. The van der Waals surface area contributed by atoms with Crippen LogP contribution in [0.1, 0.15) is 60.8 Å². The van der Waals surface area contributed by atoms with Crippen LogP contribution in [0.2, 0.25) is 18.1 Å². The summed E-state index contributed by atoms with van der Waals surface area (Å²) in [5.74, 6) is -1.28. The Morgan fingerprint density at radius 1 is 1.17 bits per heavy atom. The minimum absolute atomic E-state index is 0.00569. The molecule has 1 rings (SSSR count). The van der Waals surface area contributed by atoms with Crippen LogP contribution in [0.5, 0.6) is 0 Å². The molecule has 1 aliphatic rings. The van der Waals surface area contributed by atoms with Crippen LogP contribution < -0.4 is 0 Å². The van der Waals surface area contributed by atoms with Crippen molar-refractivity contribution >= 4 is 20.1 Å². The van der Waals surface area contributed by atoms with Crippen molar-refractivity contribution < 1.29 is 28.6 Å². The number of carbonyl (C=O) groups excluding carboxylic acids is 2. The van der Waals surface area contributed by atoms with E-state index in [1.165, 1.54) is 7.11 Å². The van der Waals surface area contributed by atoms with Crippen LogP contribution in [0.4, 0.5) is 0 Å². The average Bonchev–Trinajstić information content (AvgIpc) is 3.53. The van der Waals surface area contributed by atoms with Crippen molar-refractivity contribution in [1.82, 2.24) is 0 Å². The summed E-state index contributed by atoms with van der Waals surface area (Å²) in [5.41, 5.74) is 2.51. The Hall–Kier alpha value is -1.80. The Bertz CT molecular complexity index is 865. The molecule has 0 radical (unpaired) electrons. The largest absolute Gasteiger partial charge is 0.469 e. The van der Waals surface area contributed by atoms with E-state index >= 15 is 0 Å². The zero-order valence-electron chi connectivity index (χ0n) is 23.8. The molecule has 7 heteroatoms. The van der Waals surface area contributed by atoms with Crippen molar-refractivity contribution in [3.63, 3.8) is 0 Å². The maximum Gasteiger partial charge on any atom is 0.313 e. The maximum atomic E-state index is 12.5. The molecular formula is C29H48O6Si. The van der Waals surface area contributed by atoms with E-state index in [1.54, 1.807) is 13.0 Å². The van der Waals surface area contributed by atoms with E-state index in [-0.39, 0.29) is 41.5 Å². The number of carbonyl (C=O) groups is 2. The number of hydrogen-bond acceptors (Lipinski definition) is 6. The summed E-state index contributed by atoms with van der Waals surface area (Å²) in [6.45, 7) is 28.7. The van der Waals surface area contributed by atoms with E-state index in [9.17, 15) is 14.7 Å². The average molecular weight is 521 g/mol. The Morgan fingerprint density at radius 3 is 2.25 bits per heavy atom. The normalized spacial score (nSPS) is 21.4. The van der Waals surface area contributed by atoms with Gasteiger partial charge < -0.3 is 19.0 Å². The number of ether oxygens (including phenoxy) is 2. The maximum absolute atomic E-state index is 12.5. The van der Waals surface area contributed by atoms with Gasteiger partial charge in [0.1, 0.15) is 12.5 Å². The second-order valence-electron chi connectivity index (χ2n) is 11.7. The fourth-order valence-corrected chi connectivity index (χ4v) is 4.81. The van der Waals surface area contributed by atoms with Crippen molar-refractivity contribution in [2.45, 2.75) is 103 Å². The predicted octanol–water partition coefficient (Wildman–Crippen LogP) is 5.93. The number of ketones is 1. The van der Waals surface area contributed by atoms with Crippen molar-refractivity contribution in [1.29, 1.82) is 0 Å². The Labute approximate surface area is 219 Å². The van der Waals surface area contributed by atoms with Crippen molar-refractivity contribution in [2.24, 2.45) is 11.8 Å². The Balaban J connectivity index is 2.91. The molecule has 1 aliphatic heterocycles. The lowest BCUT2D eigenvalue weighted by Crippen LogP contribution is -2.46. The van der Waals surface area contributed by atoms with Gasteiger partial charge >= 0.3 is 5.97 Å². The number of aliphatic hydroxyl groups excluding tert-OH is 1. The lowest BCUT2D eigenvalue weighted by molar-refractivity contribution is -0.143. The van der Waals surface area contributed by atoms with Gasteiger partial charge in [-0.15, -0.1) is 0 Å². The first-order valence-corrected chi connectivity index (χ1v) is 15.6. The Morgan fingerprint density at radius 2 is 1.75 bits per heavy atom. The van der Waals surface area contributed by atoms with Gasteiger partial charge in [-0.2, -0.15) is 0 Å². The molecule has 0 saturated carbocycles. The van der Waals surface area contributed by atoms with E-state index in [0.717, 1.165) is 16.7 Å². The molecule has 0 unspecified atom stereocenters. The van der Waals surface area contributed by atoms with E-state index in [4.69, 9.17) is 9.16 Å². The van der Waals surface area contributed by atoms with Gasteiger partial charge in [0.25, 0.3) is 0 Å². The summed E-state index contributed by atoms with van der Waals surface area (Å²) in [6.07, 6.45) is 3.37. The number of Topliss-reactive ketones (excluding diaryl/α,β-unsaturated/α-hetero) is 1. The molecule has 0 aliphatic carbocycles. The molecule has 0 bridgehead atoms. The second-order valence-corrected chi connectivity index (χ2v) is 16.5. The summed E-state index contributed by atoms with van der Waals surface area (Å²) in [6, 6.07) is 0. The van der Waals surface area contributed by atoms with E-state index < -0.39 is 26.3 Å². The fourth-order valence-electron chi connectivity index (χ4n) is 3.48. The molecule has 1 fully saturated rings. The lowest BCUT2D eigenvalue weighted by Gasteiger charge is -2.39. The number of esters is 1. The van der Waals surface area contributed by atoms with Crippen LogP contribution in [0.25, 0.3) is 0 Å². The topological polar surface area (TPSA) is 85.4 Å². The molecular weight excluding hydrogens is 472 g/mol. The smallest absolute Gasteiger partial charge is 0.313 e. The van der Waals surface area contributed by atoms with Crippen LogP contribution in [0.15, 0.2) is 48.6 Å². The minimum atomic E-state index is -2.13. The van der Waals surface area contributed by atoms with E-state index in [1.807, 2.05) is 19.9 Å². The number of aliphatic hydroxyl groups is 1. The highest BCUT2D eigenvalue weighted by molar-refractivity contribution is 6.74. The Kier molecular flexibility index (Phi) is 11.8. The lowest BCUT2D eigenvalue weighted by atomic mass is 9.90. The molecule has 1 N–H and O–H groups in total. The fraction of sp³-hybridized carbons (Fsp3) is 0.655. The highest BCUT2D eigenvalue weighted by Crippen LogP contribution is 2.42. The molecule has 1 saturated heterocycles. The molecule has 6 atom stereocenters. The van der Waals surface area contributed by atoms with Crippen molar-refractivity contribution in [2.75, 3.05) is 7.11 Å². The highest BCUT2D eigenvalue weighted by Gasteiger charge is 2.49. The first-order chi connectivity index (χ1) is 16.4. The summed E-state index contributed by atoms with van der Waals surface area (Å²) < 4.78 is 17.4. The number of rotatable bonds is 15. The molecule has 1 heterocycles. The third-order valence-corrected chi connectivity index (χ3v) is 12.1. The van der Waals surface area contributed by atoms with E-state index in [2.05, 4.69) is 58.3 Å². The highest BCUT2D eigenvalue weighted by atomic mass is 28.4. The van der Waals surface area contributed by atoms with Gasteiger partial charge in [-0.3, -0.25) is 9.59 Å². The monoisotopic (exact) mass is 520 g/mol. The third-order valence-electron chi connectivity index (χ3n) is 7.63. The van der Waals surface area contributed by atoms with Gasteiger partial charge in [0.05, 0.1) is 25.4 Å². The molecule has 36 heavy (non-hydrogen) atoms. The van der Waals surface area contributed by atoms with Gasteiger partial charge in [-0.25, -0.2) is 0 Å². The summed E-state index contributed by atoms with van der Waals surface area (Å²) in [4.78, 5) is 24.1. The van der Waals surface area contributed by atoms with Gasteiger partial charge in [0, 0.05) is 18.3 Å². The molecule has 6 nitrogen and oxygen atoms in total. The first-order valence-electron chi connectivity index (χ1n) is 12.7. The zero-order chi connectivity index (χ0) is 28.0. The van der Waals surface area contributed by atoms with Gasteiger partial charge in [0.2, 0.25) is 0 Å². The summed E-state index contributed by atoms with van der Waals surface area (Å²) in [5, 5.41) is 10.3. The van der Waals surface area contributed by atoms with Crippen molar-refractivity contribution in [3.05, 3.63) is 48.6 Å². The standard InChI is InChI=1S/C29H48O6Si/c1-18(2)21(5)23(30)14-13-19(3)15-25-28(34-25)26(35-36(11,12)29(7,8)9)16-20(4)22(6)24(31)17-27(32)33-10/h13-14,21-23,25-26,28,30H,1,3-4,15-17H2,2,5-12H3/b14-13+/t21-,22-,23+,25+,26+,28-/m1/s1. The predicted molar refractivity (Wildman–Crippen MR) is 148 cm³/mol. The first kappa shape index (κ1) is 32.2. The second kappa shape index (κ2) is 13.1. The van der Waals surface area contributed by atoms with Crippen LogP contribution >= 0.6 is 0 Å². The summed E-state index contributed by atoms with van der Waals surface area (Å²) >= 11 is 0. The van der Waals surface area contributed by atoms with Crippen molar-refractivity contribution in [3.8, 4) is 0 Å². The molecule has 204 valence electrons. The van der Waals surface area contributed by atoms with Crippen LogP contribution in [0, 0.1) is 11.8 Å². The van der Waals surface area contributed by atoms with Gasteiger partial charge in [0.15, 0.2) is 14.1 Å². The number of epoxide rings is 1. The number of allylic oxidation sites excluding steroid dienone is 1. The van der Waals surface area contributed by atoms with Crippen LogP contribution in [-0.2, 0) is 23.5 Å². The minimum Gasteiger partial charge on any atom is -0.469 e. The molecule has 0 aromatic heterocycles. The van der Waals surface area contributed by atoms with Gasteiger partial charge in [-0.1, -0.05) is 83.2 Å². The molecule has 0 aromatic rings. The molecule has 0 aromatic carbocycles. The van der Waals surface area contributed by atoms with E-state index in [0.29, 0.717) is 12.8 Å². The SMILES string of the molecule is C=C(/C=C/[C@H](O)[C@H](C)C(=C)C)C[C@@H]1O[C@H]1[C@H](CC(=C)[C@@H](C)C(=O)CC(=O)OC)O[Si](C)(C)C(C)(C)C. The number of methoxy groups -OCH3 is 1. The zero-order valence-corrected chi connectivity index (χ0v) is 24.8. The molecule has 0 spiro atoms.